The Labute approximate surface area is 149 Å². The number of hydrogen-bond donors (Lipinski definition) is 10. The van der Waals surface area contributed by atoms with Crippen molar-refractivity contribution in [1.82, 2.24) is 0 Å². The molecule has 0 bridgehead atoms. The lowest BCUT2D eigenvalue weighted by molar-refractivity contribution is -0.248. The van der Waals surface area contributed by atoms with Gasteiger partial charge in [-0.2, -0.15) is 0 Å². The molecule has 1 aliphatic rings. The van der Waals surface area contributed by atoms with Crippen LogP contribution in [0.5, 0.6) is 0 Å². The average molecular weight is 395 g/mol. The SMILES string of the molecule is Cl.N[C@@H](C=O)[C@@H](O)[C@H](O)[C@H](O)CO.N[C@H]1C(O)O[C@H](CO)[C@@H](O)[C@@H]1O. The zero-order chi connectivity index (χ0) is 19.0. The maximum Gasteiger partial charge on any atom is 0.173 e. The van der Waals surface area contributed by atoms with Gasteiger partial charge in [0.1, 0.15) is 42.9 Å². The van der Waals surface area contributed by atoms with E-state index >= 15 is 0 Å². The van der Waals surface area contributed by atoms with E-state index in [0.29, 0.717) is 0 Å². The summed E-state index contributed by atoms with van der Waals surface area (Å²) in [5, 5.41) is 71.2. The standard InChI is InChI=1S/2C6H13NO5.ClH/c7-3-5(10)4(9)2(1-8)12-6(3)11;7-3(1-8)5(11)6(12)4(10)2-9;/h2-6,8-11H,1,7H2;1,3-6,9-12H,2,7H2;1H/t2-,3-,4-,5-,6?;3-,4+,5+,6+;/m10./s1. The Bertz CT molecular complexity index is 364. The molecule has 0 aromatic carbocycles. The van der Waals surface area contributed by atoms with Crippen LogP contribution in [0.4, 0.5) is 0 Å². The third kappa shape index (κ3) is 7.74. The van der Waals surface area contributed by atoms with E-state index in [0.717, 1.165) is 0 Å². The van der Waals surface area contributed by atoms with E-state index in [1.165, 1.54) is 0 Å². The van der Waals surface area contributed by atoms with Crippen LogP contribution in [0.25, 0.3) is 0 Å². The Hall–Kier alpha value is -0.480. The molecule has 0 aromatic rings. The lowest BCUT2D eigenvalue weighted by Gasteiger charge is -2.38. The fraction of sp³-hybridized carbons (Fsp3) is 0.917. The van der Waals surface area contributed by atoms with Crippen LogP contribution < -0.4 is 11.5 Å². The van der Waals surface area contributed by atoms with Gasteiger partial charge in [-0.25, -0.2) is 0 Å². The number of aldehydes is 1. The smallest absolute Gasteiger partial charge is 0.173 e. The first kappa shape index (κ1) is 26.7. The largest absolute Gasteiger partial charge is 0.394 e. The highest BCUT2D eigenvalue weighted by atomic mass is 35.5. The zero-order valence-electron chi connectivity index (χ0n) is 13.1. The Morgan fingerprint density at radius 3 is 1.96 bits per heavy atom. The third-order valence-electron chi connectivity index (χ3n) is 3.43. The van der Waals surface area contributed by atoms with Crippen LogP contribution in [0.2, 0.25) is 0 Å². The van der Waals surface area contributed by atoms with Crippen LogP contribution in [-0.2, 0) is 9.53 Å². The van der Waals surface area contributed by atoms with Gasteiger partial charge in [0.15, 0.2) is 6.29 Å². The number of hydrogen-bond acceptors (Lipinski definition) is 12. The van der Waals surface area contributed by atoms with E-state index in [1.807, 2.05) is 0 Å². The summed E-state index contributed by atoms with van der Waals surface area (Å²) in [4.78, 5) is 10.0. The number of rotatable bonds is 6. The third-order valence-corrected chi connectivity index (χ3v) is 3.43. The van der Waals surface area contributed by atoms with Crippen molar-refractivity contribution < 1.29 is 50.4 Å². The molecule has 0 saturated carbocycles. The summed E-state index contributed by atoms with van der Waals surface area (Å²) in [5.41, 5.74) is 10.3. The van der Waals surface area contributed by atoms with E-state index in [4.69, 9.17) is 46.8 Å². The Kier molecular flexibility index (Phi) is 13.7. The molecule has 0 aliphatic carbocycles. The summed E-state index contributed by atoms with van der Waals surface area (Å²) < 4.78 is 4.70. The van der Waals surface area contributed by atoms with Crippen molar-refractivity contribution in [3.8, 4) is 0 Å². The molecule has 13 heteroatoms. The lowest BCUT2D eigenvalue weighted by Crippen LogP contribution is -2.61. The first-order chi connectivity index (χ1) is 11.1. The van der Waals surface area contributed by atoms with E-state index < -0.39 is 68.2 Å². The summed E-state index contributed by atoms with van der Waals surface area (Å²) in [5.74, 6) is 0. The molecule has 9 atom stereocenters. The van der Waals surface area contributed by atoms with Crippen LogP contribution in [0.15, 0.2) is 0 Å². The van der Waals surface area contributed by atoms with Gasteiger partial charge in [-0.15, -0.1) is 12.4 Å². The molecule has 0 radical (unpaired) electrons. The van der Waals surface area contributed by atoms with Crippen molar-refractivity contribution in [2.45, 2.75) is 55.0 Å². The fourth-order valence-corrected chi connectivity index (χ4v) is 1.76. The monoisotopic (exact) mass is 394 g/mol. The minimum Gasteiger partial charge on any atom is -0.394 e. The molecular weight excluding hydrogens is 368 g/mol. The second-order valence-corrected chi connectivity index (χ2v) is 5.25. The van der Waals surface area contributed by atoms with Crippen molar-refractivity contribution in [3.63, 3.8) is 0 Å². The Morgan fingerprint density at radius 1 is 1.04 bits per heavy atom. The first-order valence-electron chi connectivity index (χ1n) is 7.04. The summed E-state index contributed by atoms with van der Waals surface area (Å²) >= 11 is 0. The Morgan fingerprint density at radius 2 is 1.56 bits per heavy atom. The van der Waals surface area contributed by atoms with E-state index in [9.17, 15) is 15.0 Å². The average Bonchev–Trinajstić information content (AvgIpc) is 2.60. The normalized spacial score (nSPS) is 33.8. The molecule has 12 N–H and O–H groups in total. The van der Waals surface area contributed by atoms with Crippen molar-refractivity contribution >= 4 is 18.7 Å². The molecule has 0 aromatic heterocycles. The maximum absolute atomic E-state index is 10.0. The molecule has 152 valence electrons. The second-order valence-electron chi connectivity index (χ2n) is 5.25. The number of ether oxygens (including phenoxy) is 1. The second kappa shape index (κ2) is 12.8. The number of aliphatic hydroxyl groups excluding tert-OH is 8. The van der Waals surface area contributed by atoms with Gasteiger partial charge in [0.25, 0.3) is 0 Å². The van der Waals surface area contributed by atoms with Crippen molar-refractivity contribution in [2.24, 2.45) is 11.5 Å². The van der Waals surface area contributed by atoms with E-state index in [2.05, 4.69) is 0 Å². The van der Waals surface area contributed by atoms with Crippen LogP contribution in [0.1, 0.15) is 0 Å². The molecule has 1 fully saturated rings. The minimum atomic E-state index is -1.62. The highest BCUT2D eigenvalue weighted by Crippen LogP contribution is 2.17. The topological polar surface area (TPSA) is 240 Å². The summed E-state index contributed by atoms with van der Waals surface area (Å²) in [6.45, 7) is -1.17. The van der Waals surface area contributed by atoms with Gasteiger partial charge in [-0.3, -0.25) is 0 Å². The van der Waals surface area contributed by atoms with Crippen LogP contribution >= 0.6 is 12.4 Å². The van der Waals surface area contributed by atoms with E-state index in [-0.39, 0.29) is 18.7 Å². The predicted molar refractivity (Wildman–Crippen MR) is 84.3 cm³/mol. The lowest BCUT2D eigenvalue weighted by atomic mass is 9.98. The number of halogens is 1. The number of nitrogens with two attached hydrogens (primary N) is 2. The van der Waals surface area contributed by atoms with Gasteiger partial charge in [-0.05, 0) is 0 Å². The number of carbonyl (C=O) groups is 1. The van der Waals surface area contributed by atoms with E-state index in [1.54, 1.807) is 0 Å². The first-order valence-corrected chi connectivity index (χ1v) is 7.04. The van der Waals surface area contributed by atoms with Gasteiger partial charge in [0.2, 0.25) is 0 Å². The fourth-order valence-electron chi connectivity index (χ4n) is 1.76. The summed E-state index contributed by atoms with van der Waals surface area (Å²) in [6.07, 6.45) is -9.28. The highest BCUT2D eigenvalue weighted by molar-refractivity contribution is 5.85. The quantitative estimate of drug-likeness (QED) is 0.189. The molecule has 1 rings (SSSR count). The molecule has 1 aliphatic heterocycles. The van der Waals surface area contributed by atoms with Gasteiger partial charge in [0.05, 0.1) is 25.3 Å². The molecule has 25 heavy (non-hydrogen) atoms. The van der Waals surface area contributed by atoms with Crippen molar-refractivity contribution in [2.75, 3.05) is 13.2 Å². The summed E-state index contributed by atoms with van der Waals surface area (Å²) in [6, 6.07) is -2.30. The number of aliphatic hydroxyl groups is 8. The zero-order valence-corrected chi connectivity index (χ0v) is 14.0. The molecule has 1 unspecified atom stereocenters. The van der Waals surface area contributed by atoms with Crippen LogP contribution in [0.3, 0.4) is 0 Å². The van der Waals surface area contributed by atoms with Crippen LogP contribution in [0, 0.1) is 0 Å². The molecule has 1 heterocycles. The van der Waals surface area contributed by atoms with Crippen molar-refractivity contribution in [1.29, 1.82) is 0 Å². The maximum atomic E-state index is 10.0. The minimum absolute atomic E-state index is 0. The predicted octanol–water partition coefficient (Wildman–Crippen LogP) is -6.25. The van der Waals surface area contributed by atoms with Gasteiger partial charge >= 0.3 is 0 Å². The summed E-state index contributed by atoms with van der Waals surface area (Å²) in [7, 11) is 0. The number of carbonyl (C=O) groups excluding carboxylic acids is 1. The van der Waals surface area contributed by atoms with Gasteiger partial charge in [-0.1, -0.05) is 0 Å². The molecule has 1 saturated heterocycles. The molecule has 0 amide bonds. The Balaban J connectivity index is 0. The molecule has 12 nitrogen and oxygen atoms in total. The van der Waals surface area contributed by atoms with Crippen LogP contribution in [-0.4, -0.2) is 115 Å². The van der Waals surface area contributed by atoms with Gasteiger partial charge in [0, 0.05) is 0 Å². The van der Waals surface area contributed by atoms with Gasteiger partial charge < -0.3 is 61.9 Å². The molecular formula is C12H27ClN2O10. The highest BCUT2D eigenvalue weighted by Gasteiger charge is 2.41. The van der Waals surface area contributed by atoms with Crippen molar-refractivity contribution in [3.05, 3.63) is 0 Å². The molecule has 0 spiro atoms.